The number of nitro benzene ring substituents is 1. The van der Waals surface area contributed by atoms with Crippen LogP contribution in [-0.4, -0.2) is 20.8 Å². The van der Waals surface area contributed by atoms with Gasteiger partial charge in [0.05, 0.1) is 32.1 Å². The van der Waals surface area contributed by atoms with Crippen LogP contribution in [0, 0.1) is 10.1 Å². The number of halogens is 5. The third-order valence-electron chi connectivity index (χ3n) is 6.08. The molecule has 212 valence electrons. The van der Waals surface area contributed by atoms with Crippen molar-refractivity contribution in [1.29, 1.82) is 0 Å². The fourth-order valence-corrected chi connectivity index (χ4v) is 5.02. The molecule has 0 radical (unpaired) electrons. The van der Waals surface area contributed by atoms with Crippen LogP contribution in [0.4, 0.5) is 18.9 Å². The van der Waals surface area contributed by atoms with Crippen molar-refractivity contribution in [2.75, 3.05) is 0 Å². The van der Waals surface area contributed by atoms with Crippen LogP contribution < -0.4 is 10.3 Å². The average Bonchev–Trinajstić information content (AvgIpc) is 2.96. The predicted molar refractivity (Wildman–Crippen MR) is 156 cm³/mol. The number of para-hydroxylation sites is 1. The molecule has 0 saturated heterocycles. The molecule has 1 aromatic heterocycles. The standard InChI is InChI=1S/C29H17BrClF3N4O4/c30-24-14-21(31)13-19(26(24)42-16-17-8-10-22(11-9-17)38(40)41)15-35-37-27(18-4-3-5-20(12-18)29(32,33)34)36-25-7-2-1-6-23(25)28(37)39/h1-15H,16H2. The number of fused-ring (bicyclic) bond motifs is 1. The van der Waals surface area contributed by atoms with E-state index in [9.17, 15) is 28.1 Å². The van der Waals surface area contributed by atoms with Crippen LogP contribution in [0.2, 0.25) is 5.02 Å². The van der Waals surface area contributed by atoms with E-state index in [0.29, 0.717) is 31.9 Å². The van der Waals surface area contributed by atoms with Gasteiger partial charge in [-0.2, -0.15) is 22.9 Å². The maximum atomic E-state index is 13.5. The minimum Gasteiger partial charge on any atom is -0.487 e. The molecular weight excluding hydrogens is 641 g/mol. The molecule has 0 amide bonds. The van der Waals surface area contributed by atoms with Gasteiger partial charge in [0.25, 0.3) is 11.2 Å². The van der Waals surface area contributed by atoms with Crippen molar-refractivity contribution in [3.63, 3.8) is 0 Å². The van der Waals surface area contributed by atoms with Gasteiger partial charge < -0.3 is 4.74 Å². The number of nitro groups is 1. The van der Waals surface area contributed by atoms with Gasteiger partial charge in [-0.15, -0.1) is 0 Å². The second-order valence-electron chi connectivity index (χ2n) is 8.91. The lowest BCUT2D eigenvalue weighted by Crippen LogP contribution is -2.20. The monoisotopic (exact) mass is 656 g/mol. The summed E-state index contributed by atoms with van der Waals surface area (Å²) in [7, 11) is 0. The first kappa shape index (κ1) is 29.0. The van der Waals surface area contributed by atoms with Crippen LogP contribution in [0.5, 0.6) is 5.75 Å². The zero-order valence-corrected chi connectivity index (χ0v) is 23.5. The van der Waals surface area contributed by atoms with Crippen LogP contribution in [0.3, 0.4) is 0 Å². The quantitative estimate of drug-likeness (QED) is 0.101. The number of ether oxygens (including phenoxy) is 1. The third-order valence-corrected chi connectivity index (χ3v) is 6.89. The number of hydrogen-bond donors (Lipinski definition) is 0. The average molecular weight is 658 g/mol. The molecule has 0 aliphatic rings. The van der Waals surface area contributed by atoms with Gasteiger partial charge in [-0.25, -0.2) is 4.98 Å². The van der Waals surface area contributed by atoms with Crippen LogP contribution in [0.15, 0.2) is 99.3 Å². The summed E-state index contributed by atoms with van der Waals surface area (Å²) >= 11 is 9.67. The van der Waals surface area contributed by atoms with E-state index in [1.807, 2.05) is 0 Å². The molecule has 42 heavy (non-hydrogen) atoms. The van der Waals surface area contributed by atoms with Gasteiger partial charge in [-0.3, -0.25) is 14.9 Å². The van der Waals surface area contributed by atoms with Gasteiger partial charge in [0, 0.05) is 28.3 Å². The highest BCUT2D eigenvalue weighted by molar-refractivity contribution is 9.10. The van der Waals surface area contributed by atoms with E-state index in [2.05, 4.69) is 26.0 Å². The largest absolute Gasteiger partial charge is 0.487 e. The van der Waals surface area contributed by atoms with Gasteiger partial charge in [-0.05, 0) is 70.0 Å². The lowest BCUT2D eigenvalue weighted by atomic mass is 10.1. The lowest BCUT2D eigenvalue weighted by Gasteiger charge is -2.13. The van der Waals surface area contributed by atoms with E-state index in [4.69, 9.17) is 16.3 Å². The predicted octanol–water partition coefficient (Wildman–Crippen LogP) is 7.87. The molecule has 0 aliphatic heterocycles. The van der Waals surface area contributed by atoms with E-state index in [1.165, 1.54) is 36.5 Å². The number of hydrogen-bond acceptors (Lipinski definition) is 6. The number of non-ortho nitro benzene ring substituents is 1. The second-order valence-corrected chi connectivity index (χ2v) is 10.2. The third kappa shape index (κ3) is 6.19. The molecule has 8 nitrogen and oxygen atoms in total. The Morgan fingerprint density at radius 1 is 1.05 bits per heavy atom. The zero-order valence-electron chi connectivity index (χ0n) is 21.2. The molecule has 13 heteroatoms. The number of rotatable bonds is 7. The summed E-state index contributed by atoms with van der Waals surface area (Å²) in [6.45, 7) is 0.0338. The van der Waals surface area contributed by atoms with Crippen molar-refractivity contribution in [1.82, 2.24) is 9.66 Å². The Labute approximate surface area is 248 Å². The van der Waals surface area contributed by atoms with Crippen LogP contribution >= 0.6 is 27.5 Å². The summed E-state index contributed by atoms with van der Waals surface area (Å²) < 4.78 is 47.8. The molecule has 1 heterocycles. The molecule has 0 bridgehead atoms. The van der Waals surface area contributed by atoms with E-state index in [1.54, 1.807) is 42.5 Å². The van der Waals surface area contributed by atoms with Gasteiger partial charge >= 0.3 is 6.18 Å². The Morgan fingerprint density at radius 3 is 2.50 bits per heavy atom. The van der Waals surface area contributed by atoms with Crippen LogP contribution in [0.25, 0.3) is 22.3 Å². The Bertz CT molecular complexity index is 1910. The highest BCUT2D eigenvalue weighted by Gasteiger charge is 2.31. The zero-order chi connectivity index (χ0) is 30.0. The molecule has 0 atom stereocenters. The summed E-state index contributed by atoms with van der Waals surface area (Å²) in [4.78, 5) is 28.4. The molecule has 5 aromatic rings. The molecular formula is C29H17BrClF3N4O4. The first-order valence-electron chi connectivity index (χ1n) is 12.1. The van der Waals surface area contributed by atoms with E-state index in [0.717, 1.165) is 16.8 Å². The number of nitrogens with zero attached hydrogens (tertiary/aromatic N) is 4. The van der Waals surface area contributed by atoms with Gasteiger partial charge in [-0.1, -0.05) is 35.9 Å². The minimum absolute atomic E-state index is 0.0338. The van der Waals surface area contributed by atoms with Crippen molar-refractivity contribution in [3.05, 3.63) is 132 Å². The molecule has 0 saturated carbocycles. The molecule has 0 fully saturated rings. The minimum atomic E-state index is -4.61. The van der Waals surface area contributed by atoms with E-state index >= 15 is 0 Å². The Hall–Kier alpha value is -4.55. The molecule has 0 aliphatic carbocycles. The van der Waals surface area contributed by atoms with Crippen molar-refractivity contribution in [2.45, 2.75) is 12.8 Å². The molecule has 0 N–H and O–H groups in total. The van der Waals surface area contributed by atoms with E-state index < -0.39 is 22.2 Å². The fourth-order valence-electron chi connectivity index (χ4n) is 4.07. The Morgan fingerprint density at radius 2 is 1.79 bits per heavy atom. The topological polar surface area (TPSA) is 99.6 Å². The summed E-state index contributed by atoms with van der Waals surface area (Å²) in [5.74, 6) is 0.194. The molecule has 5 rings (SSSR count). The maximum Gasteiger partial charge on any atom is 0.416 e. The highest BCUT2D eigenvalue weighted by Crippen LogP contribution is 2.34. The first-order chi connectivity index (χ1) is 20.0. The summed E-state index contributed by atoms with van der Waals surface area (Å²) in [6.07, 6.45) is -3.32. The maximum absolute atomic E-state index is 13.5. The van der Waals surface area contributed by atoms with Crippen LogP contribution in [0.1, 0.15) is 16.7 Å². The lowest BCUT2D eigenvalue weighted by molar-refractivity contribution is -0.384. The SMILES string of the molecule is O=c1c2ccccc2nc(-c2cccc(C(F)(F)F)c2)n1N=Cc1cc(Cl)cc(Br)c1OCc1ccc([N+](=O)[O-])cc1. The van der Waals surface area contributed by atoms with Crippen molar-refractivity contribution < 1.29 is 22.8 Å². The highest BCUT2D eigenvalue weighted by atomic mass is 79.9. The number of alkyl halides is 3. The molecule has 4 aromatic carbocycles. The summed E-state index contributed by atoms with van der Waals surface area (Å²) in [5.41, 5.74) is -0.258. The van der Waals surface area contributed by atoms with Crippen molar-refractivity contribution in [3.8, 4) is 17.1 Å². The normalized spacial score (nSPS) is 11.7. The molecule has 0 spiro atoms. The number of benzene rings is 4. The Kier molecular flexibility index (Phi) is 8.10. The van der Waals surface area contributed by atoms with Crippen molar-refractivity contribution >= 4 is 50.3 Å². The number of aromatic nitrogens is 2. The molecule has 0 unspecified atom stereocenters. The van der Waals surface area contributed by atoms with Gasteiger partial charge in [0.2, 0.25) is 0 Å². The summed E-state index contributed by atoms with van der Waals surface area (Å²) in [5, 5.41) is 15.8. The smallest absolute Gasteiger partial charge is 0.416 e. The van der Waals surface area contributed by atoms with Crippen molar-refractivity contribution in [2.24, 2.45) is 5.10 Å². The first-order valence-corrected chi connectivity index (χ1v) is 13.3. The van der Waals surface area contributed by atoms with Gasteiger partial charge in [0.15, 0.2) is 5.82 Å². The second kappa shape index (κ2) is 11.7. The summed E-state index contributed by atoms with van der Waals surface area (Å²) in [6, 6.07) is 19.8. The Balaban J connectivity index is 1.58. The van der Waals surface area contributed by atoms with Gasteiger partial charge in [0.1, 0.15) is 12.4 Å². The fraction of sp³-hybridized carbons (Fsp3) is 0.0690. The van der Waals surface area contributed by atoms with Crippen LogP contribution in [-0.2, 0) is 12.8 Å². The van der Waals surface area contributed by atoms with E-state index in [-0.39, 0.29) is 29.1 Å².